The zero-order valence-electron chi connectivity index (χ0n) is 43.6. The van der Waals surface area contributed by atoms with Crippen molar-refractivity contribution in [3.63, 3.8) is 0 Å². The van der Waals surface area contributed by atoms with Crippen LogP contribution in [0.25, 0.3) is 111 Å². The van der Waals surface area contributed by atoms with E-state index in [1.54, 1.807) is 0 Å². The molecule has 0 radical (unpaired) electrons. The van der Waals surface area contributed by atoms with Crippen molar-refractivity contribution in [3.05, 3.63) is 276 Å². The van der Waals surface area contributed by atoms with Gasteiger partial charge in [-0.1, -0.05) is 248 Å². The summed E-state index contributed by atoms with van der Waals surface area (Å²) in [5, 5.41) is 0. The molecule has 358 valence electrons. The van der Waals surface area contributed by atoms with E-state index in [2.05, 4.69) is 284 Å². The van der Waals surface area contributed by atoms with Crippen LogP contribution in [0, 0.1) is 0 Å². The summed E-state index contributed by atoms with van der Waals surface area (Å²) in [5.41, 5.74) is 33.4. The Morgan fingerprint density at radius 3 is 0.760 bits per heavy atom. The van der Waals surface area contributed by atoms with Gasteiger partial charge in [0.05, 0.1) is 0 Å². The number of hydrogen-bond donors (Lipinski definition) is 0. The third-order valence-electron chi connectivity index (χ3n) is 17.5. The summed E-state index contributed by atoms with van der Waals surface area (Å²) in [7, 11) is 0. The molecule has 0 aliphatic heterocycles. The molecule has 75 heavy (non-hydrogen) atoms. The van der Waals surface area contributed by atoms with Gasteiger partial charge >= 0.3 is 0 Å². The van der Waals surface area contributed by atoms with Crippen molar-refractivity contribution in [2.24, 2.45) is 0 Å². The SMILES string of the molecule is CC1(C)c2cc(-c3ccc4c(c3)C(C)(C)c3cc(-c5ccccc5-c5ccccc5)ccc3-4)ccc2-c2ccc(-c3ccc4c(c3)C(C)(C)c3cc(-c5c(-c6ccccc6)cccc5-c5ccccc5)ccc3-4)cc21. The summed E-state index contributed by atoms with van der Waals surface area (Å²) < 4.78 is 0. The van der Waals surface area contributed by atoms with Crippen LogP contribution in [0.1, 0.15) is 74.9 Å². The first kappa shape index (κ1) is 45.1. The number of rotatable bonds is 7. The summed E-state index contributed by atoms with van der Waals surface area (Å²) in [4.78, 5) is 0. The highest BCUT2D eigenvalue weighted by atomic mass is 14.4. The molecule has 0 amide bonds. The maximum absolute atomic E-state index is 2.48. The molecule has 11 aromatic rings. The fourth-order valence-electron chi connectivity index (χ4n) is 13.4. The molecule has 14 rings (SSSR count). The van der Waals surface area contributed by atoms with Crippen LogP contribution in [0.2, 0.25) is 0 Å². The van der Waals surface area contributed by atoms with Crippen LogP contribution in [-0.2, 0) is 16.2 Å². The minimum absolute atomic E-state index is 0.152. The van der Waals surface area contributed by atoms with Gasteiger partial charge in [0, 0.05) is 16.2 Å². The van der Waals surface area contributed by atoms with Gasteiger partial charge in [0.25, 0.3) is 0 Å². The molecule has 0 saturated carbocycles. The molecule has 3 aliphatic carbocycles. The van der Waals surface area contributed by atoms with Crippen LogP contribution < -0.4 is 0 Å². The van der Waals surface area contributed by atoms with Crippen LogP contribution >= 0.6 is 0 Å². The molecule has 0 heterocycles. The molecular weight excluding hydrogens is 901 g/mol. The summed E-state index contributed by atoms with van der Waals surface area (Å²) >= 11 is 0. The molecule has 0 unspecified atom stereocenters. The molecule has 0 fully saturated rings. The smallest absolute Gasteiger partial charge is 0.0159 e. The van der Waals surface area contributed by atoms with Crippen LogP contribution in [-0.4, -0.2) is 0 Å². The van der Waals surface area contributed by atoms with Gasteiger partial charge in [-0.3, -0.25) is 0 Å². The monoisotopic (exact) mass is 958 g/mol. The van der Waals surface area contributed by atoms with Crippen LogP contribution in [0.3, 0.4) is 0 Å². The van der Waals surface area contributed by atoms with Crippen LogP contribution in [0.4, 0.5) is 0 Å². The van der Waals surface area contributed by atoms with E-state index >= 15 is 0 Å². The molecule has 3 aliphatic rings. The quantitative estimate of drug-likeness (QED) is 0.149. The van der Waals surface area contributed by atoms with E-state index in [1.807, 2.05) is 0 Å². The minimum Gasteiger partial charge on any atom is -0.0622 e. The van der Waals surface area contributed by atoms with E-state index in [9.17, 15) is 0 Å². The van der Waals surface area contributed by atoms with Crippen molar-refractivity contribution in [2.45, 2.75) is 57.8 Å². The summed E-state index contributed by atoms with van der Waals surface area (Å²) in [6.45, 7) is 14.5. The first-order chi connectivity index (χ1) is 36.4. The van der Waals surface area contributed by atoms with Crippen molar-refractivity contribution in [3.8, 4) is 111 Å². The van der Waals surface area contributed by atoms with Gasteiger partial charge < -0.3 is 0 Å². The topological polar surface area (TPSA) is 0 Å². The Hall–Kier alpha value is -8.58. The lowest BCUT2D eigenvalue weighted by Crippen LogP contribution is -2.16. The van der Waals surface area contributed by atoms with Gasteiger partial charge in [0.15, 0.2) is 0 Å². The molecular formula is C75H58. The van der Waals surface area contributed by atoms with Crippen molar-refractivity contribution in [2.75, 3.05) is 0 Å². The van der Waals surface area contributed by atoms with E-state index < -0.39 is 0 Å². The Morgan fingerprint density at radius 2 is 0.413 bits per heavy atom. The highest BCUT2D eigenvalue weighted by Gasteiger charge is 2.39. The maximum atomic E-state index is 2.48. The largest absolute Gasteiger partial charge is 0.0622 e. The molecule has 0 saturated heterocycles. The fraction of sp³-hybridized carbons (Fsp3) is 0.120. The predicted molar refractivity (Wildman–Crippen MR) is 317 cm³/mol. The Bertz CT molecular complexity index is 4050. The van der Waals surface area contributed by atoms with E-state index in [-0.39, 0.29) is 16.2 Å². The van der Waals surface area contributed by atoms with Gasteiger partial charge in [0.2, 0.25) is 0 Å². The lowest BCUT2D eigenvalue weighted by atomic mass is 9.79. The van der Waals surface area contributed by atoms with Crippen molar-refractivity contribution in [1.82, 2.24) is 0 Å². The van der Waals surface area contributed by atoms with Gasteiger partial charge in [0.1, 0.15) is 0 Å². The number of benzene rings is 11. The lowest BCUT2D eigenvalue weighted by Gasteiger charge is -2.24. The van der Waals surface area contributed by atoms with Gasteiger partial charge in [-0.2, -0.15) is 0 Å². The van der Waals surface area contributed by atoms with E-state index in [4.69, 9.17) is 0 Å². The zero-order chi connectivity index (χ0) is 50.8. The Labute approximate surface area is 442 Å². The van der Waals surface area contributed by atoms with E-state index in [0.717, 1.165) is 0 Å². The Morgan fingerprint density at radius 1 is 0.173 bits per heavy atom. The first-order valence-corrected chi connectivity index (χ1v) is 26.7. The Kier molecular flexibility index (Phi) is 10.0. The predicted octanol–water partition coefficient (Wildman–Crippen LogP) is 20.3. The standard InChI is InChI=1S/C75H58/c1-73(2)66-41-50(52-31-37-62-64-39-33-54(45-70(64)74(3,4)68(62)43-52)57-26-17-16-25-56(57)47-19-10-7-11-20-47)29-35-60(66)61-36-30-51(42-67(61)73)53-32-38-63-65-40-34-55(46-71(65)75(5,6)69(63)44-53)72-58(48-21-12-8-13-22-48)27-18-28-59(72)49-23-14-9-15-24-49/h7-46H,1-6H3. The third kappa shape index (κ3) is 6.96. The second-order valence-electron chi connectivity index (χ2n) is 22.8. The summed E-state index contributed by atoms with van der Waals surface area (Å²) in [6, 6.07) is 91.2. The van der Waals surface area contributed by atoms with Crippen molar-refractivity contribution in [1.29, 1.82) is 0 Å². The summed E-state index contributed by atoms with van der Waals surface area (Å²) in [5.74, 6) is 0. The van der Waals surface area contributed by atoms with E-state index in [0.29, 0.717) is 0 Å². The average Bonchev–Trinajstić information content (AvgIpc) is 4.01. The molecule has 11 aromatic carbocycles. The maximum Gasteiger partial charge on any atom is 0.0159 e. The van der Waals surface area contributed by atoms with Crippen molar-refractivity contribution >= 4 is 0 Å². The van der Waals surface area contributed by atoms with Crippen LogP contribution in [0.5, 0.6) is 0 Å². The Balaban J connectivity index is 0.769. The molecule has 0 bridgehead atoms. The van der Waals surface area contributed by atoms with Crippen molar-refractivity contribution < 1.29 is 0 Å². The molecule has 0 spiro atoms. The highest BCUT2D eigenvalue weighted by molar-refractivity contribution is 5.97. The lowest BCUT2D eigenvalue weighted by molar-refractivity contribution is 0.659. The second-order valence-corrected chi connectivity index (χ2v) is 22.8. The number of fused-ring (bicyclic) bond motifs is 9. The first-order valence-electron chi connectivity index (χ1n) is 26.7. The summed E-state index contributed by atoms with van der Waals surface area (Å²) in [6.07, 6.45) is 0. The second kappa shape index (κ2) is 16.7. The van der Waals surface area contributed by atoms with Gasteiger partial charge in [-0.25, -0.2) is 0 Å². The molecule has 0 heteroatoms. The molecule has 0 aromatic heterocycles. The normalized spacial score (nSPS) is 14.6. The third-order valence-corrected chi connectivity index (χ3v) is 17.5. The molecule has 0 N–H and O–H groups in total. The average molecular weight is 959 g/mol. The fourth-order valence-corrected chi connectivity index (χ4v) is 13.4. The molecule has 0 nitrogen and oxygen atoms in total. The number of hydrogen-bond acceptors (Lipinski definition) is 0. The zero-order valence-corrected chi connectivity index (χ0v) is 43.6. The highest BCUT2D eigenvalue weighted by Crippen LogP contribution is 2.55. The van der Waals surface area contributed by atoms with Gasteiger partial charge in [-0.05, 0) is 181 Å². The molecule has 0 atom stereocenters. The van der Waals surface area contributed by atoms with E-state index in [1.165, 1.54) is 145 Å². The van der Waals surface area contributed by atoms with Gasteiger partial charge in [-0.15, -0.1) is 0 Å². The van der Waals surface area contributed by atoms with Crippen LogP contribution in [0.15, 0.2) is 243 Å². The minimum atomic E-state index is -0.193.